The summed E-state index contributed by atoms with van der Waals surface area (Å²) in [6.45, 7) is 2.94. The molecule has 150 valence electrons. The number of hydrogen-bond acceptors (Lipinski definition) is 4. The van der Waals surface area contributed by atoms with Gasteiger partial charge in [-0.05, 0) is 13.3 Å². The van der Waals surface area contributed by atoms with Crippen molar-refractivity contribution >= 4 is 35.8 Å². The molecule has 2 N–H and O–H groups in total. The van der Waals surface area contributed by atoms with Crippen molar-refractivity contribution in [1.82, 2.24) is 15.5 Å². The molecule has 0 bridgehead atoms. The molecule has 0 heterocycles. The number of hydrogen-bond donors (Lipinski definition) is 2. The molecule has 0 aliphatic carbocycles. The van der Waals surface area contributed by atoms with Crippen LogP contribution in [0.4, 0.5) is 13.2 Å². The molecule has 0 aliphatic heterocycles. The minimum atomic E-state index is -4.42. The Hall–Kier alpha value is -0.820. The summed E-state index contributed by atoms with van der Waals surface area (Å²) < 4.78 is 46.8. The third kappa shape index (κ3) is 16.4. The summed E-state index contributed by atoms with van der Waals surface area (Å²) in [4.78, 5) is 16.2. The van der Waals surface area contributed by atoms with Gasteiger partial charge in [0.15, 0.2) is 5.96 Å². The molecule has 0 aromatic heterocycles. The number of methoxy groups -OCH3 is 1. The maximum absolute atomic E-state index is 12.2. The Kier molecular flexibility index (Phi) is 16.3. The zero-order valence-electron chi connectivity index (χ0n) is 14.8. The van der Waals surface area contributed by atoms with E-state index in [1.165, 1.54) is 0 Å². The van der Waals surface area contributed by atoms with Crippen molar-refractivity contribution in [2.75, 3.05) is 60.2 Å². The number of rotatable bonds is 11. The molecule has 1 amide bonds. The number of alkyl halides is 3. The summed E-state index contributed by atoms with van der Waals surface area (Å²) in [5.41, 5.74) is 0. The van der Waals surface area contributed by atoms with E-state index >= 15 is 0 Å². The number of carbonyl (C=O) groups excluding carboxylic acids is 1. The topological polar surface area (TPSA) is 75.2 Å². The van der Waals surface area contributed by atoms with Crippen molar-refractivity contribution in [3.63, 3.8) is 0 Å². The molecular weight excluding hydrogens is 456 g/mol. The van der Waals surface area contributed by atoms with E-state index in [0.717, 1.165) is 13.5 Å². The highest BCUT2D eigenvalue weighted by Gasteiger charge is 2.30. The fourth-order valence-electron chi connectivity index (χ4n) is 1.59. The predicted molar refractivity (Wildman–Crippen MR) is 100 cm³/mol. The number of likely N-dealkylation sites (N-methyl/N-ethyl adjacent to an activating group) is 1. The molecule has 11 heteroatoms. The van der Waals surface area contributed by atoms with E-state index in [9.17, 15) is 18.0 Å². The van der Waals surface area contributed by atoms with Crippen molar-refractivity contribution in [3.8, 4) is 0 Å². The first-order valence-corrected chi connectivity index (χ1v) is 7.69. The monoisotopic (exact) mass is 484 g/mol. The first-order valence-electron chi connectivity index (χ1n) is 7.69. The Bertz CT molecular complexity index is 385. The summed E-state index contributed by atoms with van der Waals surface area (Å²) in [5, 5.41) is 5.91. The van der Waals surface area contributed by atoms with E-state index in [1.807, 2.05) is 6.92 Å². The number of guanidine groups is 1. The standard InChI is InChI=1S/C14H27F3N4O3.HI/c1-4-18-13(19-6-5-7-24-9-8-23-3)20-10-12(22)21(2)11-14(15,16)17;/h4-11H2,1-3H3,(H2,18,19,20);1H. The van der Waals surface area contributed by atoms with Gasteiger partial charge in [-0.2, -0.15) is 13.2 Å². The van der Waals surface area contributed by atoms with E-state index in [2.05, 4.69) is 15.6 Å². The van der Waals surface area contributed by atoms with Gasteiger partial charge in [-0.3, -0.25) is 4.79 Å². The van der Waals surface area contributed by atoms with Gasteiger partial charge in [0.25, 0.3) is 0 Å². The van der Waals surface area contributed by atoms with Gasteiger partial charge in [0.1, 0.15) is 13.1 Å². The van der Waals surface area contributed by atoms with Crippen LogP contribution in [-0.2, 0) is 14.3 Å². The van der Waals surface area contributed by atoms with Gasteiger partial charge < -0.3 is 25.0 Å². The molecule has 0 fully saturated rings. The first-order chi connectivity index (χ1) is 11.3. The van der Waals surface area contributed by atoms with Crippen LogP contribution in [0.15, 0.2) is 4.99 Å². The zero-order valence-corrected chi connectivity index (χ0v) is 17.1. The second-order valence-electron chi connectivity index (χ2n) is 4.95. The van der Waals surface area contributed by atoms with Crippen LogP contribution in [0.25, 0.3) is 0 Å². The molecule has 0 spiro atoms. The molecule has 0 saturated heterocycles. The average Bonchev–Trinajstić information content (AvgIpc) is 2.49. The summed E-state index contributed by atoms with van der Waals surface area (Å²) in [7, 11) is 2.69. The van der Waals surface area contributed by atoms with Crippen LogP contribution >= 0.6 is 24.0 Å². The summed E-state index contributed by atoms with van der Waals surface area (Å²) in [6.07, 6.45) is -3.70. The molecule has 0 rings (SSSR count). The van der Waals surface area contributed by atoms with Crippen LogP contribution in [0.1, 0.15) is 13.3 Å². The Morgan fingerprint density at radius 2 is 1.88 bits per heavy atom. The molecule has 25 heavy (non-hydrogen) atoms. The van der Waals surface area contributed by atoms with Crippen LogP contribution in [0.3, 0.4) is 0 Å². The van der Waals surface area contributed by atoms with E-state index in [0.29, 0.717) is 43.8 Å². The Labute approximate surface area is 163 Å². The van der Waals surface area contributed by atoms with Crippen molar-refractivity contribution in [1.29, 1.82) is 0 Å². The van der Waals surface area contributed by atoms with E-state index < -0.39 is 18.6 Å². The smallest absolute Gasteiger partial charge is 0.382 e. The number of carbonyl (C=O) groups is 1. The van der Waals surface area contributed by atoms with E-state index in [1.54, 1.807) is 7.11 Å². The molecule has 0 aliphatic rings. The van der Waals surface area contributed by atoms with Crippen molar-refractivity contribution in [2.24, 2.45) is 4.99 Å². The molecule has 0 aromatic carbocycles. The maximum atomic E-state index is 12.2. The van der Waals surface area contributed by atoms with Gasteiger partial charge >= 0.3 is 6.18 Å². The largest absolute Gasteiger partial charge is 0.406 e. The van der Waals surface area contributed by atoms with Gasteiger partial charge in [-0.15, -0.1) is 24.0 Å². The van der Waals surface area contributed by atoms with Crippen molar-refractivity contribution in [3.05, 3.63) is 0 Å². The summed E-state index contributed by atoms with van der Waals surface area (Å²) >= 11 is 0. The lowest BCUT2D eigenvalue weighted by atomic mass is 10.4. The van der Waals surface area contributed by atoms with Gasteiger partial charge in [0.05, 0.1) is 13.2 Å². The van der Waals surface area contributed by atoms with Crippen LogP contribution < -0.4 is 10.6 Å². The molecular formula is C14H28F3IN4O3. The van der Waals surface area contributed by atoms with Gasteiger partial charge in [-0.25, -0.2) is 4.99 Å². The van der Waals surface area contributed by atoms with Gasteiger partial charge in [-0.1, -0.05) is 0 Å². The SMILES string of the molecule is CCNC(=NCC(=O)N(C)CC(F)(F)F)NCCCOCCOC.I. The average molecular weight is 484 g/mol. The predicted octanol–water partition coefficient (Wildman–Crippen LogP) is 1.23. The fourth-order valence-corrected chi connectivity index (χ4v) is 1.59. The minimum Gasteiger partial charge on any atom is -0.382 e. The molecule has 7 nitrogen and oxygen atoms in total. The molecule has 0 unspecified atom stereocenters. The highest BCUT2D eigenvalue weighted by molar-refractivity contribution is 14.0. The minimum absolute atomic E-state index is 0. The molecule has 0 saturated carbocycles. The van der Waals surface area contributed by atoms with Crippen LogP contribution in [0, 0.1) is 0 Å². The van der Waals surface area contributed by atoms with Crippen LogP contribution in [0.2, 0.25) is 0 Å². The summed E-state index contributed by atoms with van der Waals surface area (Å²) in [6, 6.07) is 0. The van der Waals surface area contributed by atoms with Gasteiger partial charge in [0, 0.05) is 33.9 Å². The van der Waals surface area contributed by atoms with Gasteiger partial charge in [0.2, 0.25) is 5.91 Å². The van der Waals surface area contributed by atoms with E-state index in [-0.39, 0.29) is 30.5 Å². The highest BCUT2D eigenvalue weighted by Crippen LogP contribution is 2.15. The molecule has 0 aromatic rings. The Morgan fingerprint density at radius 3 is 2.44 bits per heavy atom. The number of ether oxygens (including phenoxy) is 2. The zero-order chi connectivity index (χ0) is 18.4. The van der Waals surface area contributed by atoms with E-state index in [4.69, 9.17) is 9.47 Å². The summed E-state index contributed by atoms with van der Waals surface area (Å²) in [5.74, 6) is -0.324. The Morgan fingerprint density at radius 1 is 1.20 bits per heavy atom. The second-order valence-corrected chi connectivity index (χ2v) is 4.95. The molecule has 0 atom stereocenters. The number of aliphatic imine (C=N–C) groups is 1. The lowest BCUT2D eigenvalue weighted by molar-refractivity contribution is -0.157. The Balaban J connectivity index is 0. The lowest BCUT2D eigenvalue weighted by Gasteiger charge is -2.18. The normalized spacial score (nSPS) is 11.7. The fraction of sp³-hybridized carbons (Fsp3) is 0.857. The van der Waals surface area contributed by atoms with Crippen LogP contribution in [-0.4, -0.2) is 83.1 Å². The number of nitrogens with zero attached hydrogens (tertiary/aromatic N) is 2. The van der Waals surface area contributed by atoms with Crippen LogP contribution in [0.5, 0.6) is 0 Å². The number of nitrogens with one attached hydrogen (secondary N) is 2. The number of halogens is 4. The maximum Gasteiger partial charge on any atom is 0.406 e. The molecule has 0 radical (unpaired) electrons. The second kappa shape index (κ2) is 15.4. The highest BCUT2D eigenvalue weighted by atomic mass is 127. The quantitative estimate of drug-likeness (QED) is 0.200. The first kappa shape index (κ1) is 26.4. The third-order valence-corrected chi connectivity index (χ3v) is 2.75. The third-order valence-electron chi connectivity index (χ3n) is 2.75. The van der Waals surface area contributed by atoms with Crippen molar-refractivity contribution < 1.29 is 27.4 Å². The van der Waals surface area contributed by atoms with Crippen molar-refractivity contribution in [2.45, 2.75) is 19.5 Å². The number of amides is 1. The lowest BCUT2D eigenvalue weighted by Crippen LogP contribution is -2.40.